The molecule has 2 N–H and O–H groups in total. The lowest BCUT2D eigenvalue weighted by molar-refractivity contribution is 0.203. The number of hydrogen-bond donors (Lipinski definition) is 2. The molecule has 1 saturated heterocycles. The average molecular weight is 539 g/mol. The summed E-state index contributed by atoms with van der Waals surface area (Å²) in [5.41, 5.74) is 1.11. The van der Waals surface area contributed by atoms with Crippen molar-refractivity contribution in [3.63, 3.8) is 0 Å². The lowest BCUT2D eigenvalue weighted by atomic mass is 10.0. The van der Waals surface area contributed by atoms with Gasteiger partial charge < -0.3 is 20.3 Å². The van der Waals surface area contributed by atoms with E-state index in [0.717, 1.165) is 21.7 Å². The molecule has 0 unspecified atom stereocenters. The average Bonchev–Trinajstić information content (AvgIpc) is 2.64. The molecule has 1 heterocycles. The van der Waals surface area contributed by atoms with Crippen molar-refractivity contribution in [1.82, 2.24) is 15.5 Å². The molecule has 0 atom stereocenters. The van der Waals surface area contributed by atoms with E-state index in [4.69, 9.17) is 4.74 Å². The zero-order valence-electron chi connectivity index (χ0n) is 16.1. The normalized spacial score (nSPS) is 16.1. The maximum atomic E-state index is 5.43. The van der Waals surface area contributed by atoms with Gasteiger partial charge in [0.25, 0.3) is 0 Å². The predicted octanol–water partition coefficient (Wildman–Crippen LogP) is 4.01. The van der Waals surface area contributed by atoms with Gasteiger partial charge in [0.1, 0.15) is 5.75 Å². The lowest BCUT2D eigenvalue weighted by Gasteiger charge is -2.33. The fraction of sp³-hybridized carbons (Fsp3) is 0.632. The van der Waals surface area contributed by atoms with E-state index in [2.05, 4.69) is 49.4 Å². The molecule has 7 heteroatoms. The second-order valence-corrected chi connectivity index (χ2v) is 7.41. The molecule has 0 aromatic heterocycles. The Morgan fingerprint density at radius 2 is 2.08 bits per heavy atom. The van der Waals surface area contributed by atoms with Gasteiger partial charge in [-0.25, -0.2) is 0 Å². The number of piperidine rings is 1. The lowest BCUT2D eigenvalue weighted by Crippen LogP contribution is -2.48. The maximum Gasteiger partial charge on any atom is 0.191 e. The Bertz CT molecular complexity index is 562. The molecule has 1 aromatic rings. The van der Waals surface area contributed by atoms with E-state index in [-0.39, 0.29) is 24.0 Å². The molecule has 0 spiro atoms. The van der Waals surface area contributed by atoms with E-state index < -0.39 is 0 Å². The molecule has 1 fully saturated rings. The monoisotopic (exact) mass is 538 g/mol. The number of ether oxygens (including phenoxy) is 1. The Hall–Kier alpha value is -0.540. The number of benzene rings is 1. The number of aliphatic imine (C=N–C) groups is 1. The zero-order chi connectivity index (χ0) is 18.1. The Labute approximate surface area is 183 Å². The number of rotatable bonds is 7. The Balaban J connectivity index is 0.00000338. The number of likely N-dealkylation sites (tertiary alicyclic amines) is 1. The van der Waals surface area contributed by atoms with Gasteiger partial charge in [0, 0.05) is 42.8 Å². The number of unbranched alkanes of at least 4 members (excludes halogenated alkanes) is 1. The van der Waals surface area contributed by atoms with Crippen LogP contribution in [0.5, 0.6) is 5.75 Å². The maximum absolute atomic E-state index is 5.43. The van der Waals surface area contributed by atoms with Crippen LogP contribution in [-0.4, -0.2) is 50.7 Å². The van der Waals surface area contributed by atoms with Crippen molar-refractivity contribution in [1.29, 1.82) is 0 Å². The van der Waals surface area contributed by atoms with Crippen molar-refractivity contribution in [3.8, 4) is 5.75 Å². The number of guanidine groups is 1. The summed E-state index contributed by atoms with van der Waals surface area (Å²) in [6, 6.07) is 6.53. The Morgan fingerprint density at radius 1 is 1.35 bits per heavy atom. The first-order valence-electron chi connectivity index (χ1n) is 9.18. The Kier molecular flexibility index (Phi) is 11.5. The minimum Gasteiger partial charge on any atom is -0.496 e. The molecular weight excluding hydrogens is 507 g/mol. The number of nitrogens with zero attached hydrogens (tertiary/aromatic N) is 2. The molecule has 0 aliphatic carbocycles. The minimum atomic E-state index is 0. The van der Waals surface area contributed by atoms with Crippen LogP contribution in [-0.2, 0) is 6.54 Å². The van der Waals surface area contributed by atoms with Crippen LogP contribution in [0, 0.1) is 0 Å². The number of nitrogens with one attached hydrogen (secondary N) is 2. The van der Waals surface area contributed by atoms with E-state index in [0.29, 0.717) is 12.6 Å². The van der Waals surface area contributed by atoms with Gasteiger partial charge >= 0.3 is 0 Å². The molecule has 1 aliphatic rings. The summed E-state index contributed by atoms with van der Waals surface area (Å²) in [6.07, 6.45) is 4.92. The molecule has 5 nitrogen and oxygen atoms in total. The molecule has 0 bridgehead atoms. The number of methoxy groups -OCH3 is 1. The molecule has 1 aromatic carbocycles. The second kappa shape index (κ2) is 12.8. The summed E-state index contributed by atoms with van der Waals surface area (Å²) in [5.74, 6) is 1.74. The third-order valence-corrected chi connectivity index (χ3v) is 5.16. The largest absolute Gasteiger partial charge is 0.496 e. The van der Waals surface area contributed by atoms with Crippen LogP contribution in [0.4, 0.5) is 0 Å². The first-order valence-corrected chi connectivity index (χ1v) is 9.97. The molecule has 0 amide bonds. The number of hydrogen-bond acceptors (Lipinski definition) is 3. The van der Waals surface area contributed by atoms with Gasteiger partial charge in [-0.3, -0.25) is 4.99 Å². The third kappa shape index (κ3) is 7.60. The third-order valence-electron chi connectivity index (χ3n) is 4.67. The summed E-state index contributed by atoms with van der Waals surface area (Å²) in [7, 11) is 3.52. The van der Waals surface area contributed by atoms with Crippen molar-refractivity contribution >= 4 is 45.9 Å². The van der Waals surface area contributed by atoms with Gasteiger partial charge in [-0.1, -0.05) is 29.3 Å². The van der Waals surface area contributed by atoms with E-state index in [9.17, 15) is 0 Å². The number of halogens is 2. The van der Waals surface area contributed by atoms with Crippen LogP contribution >= 0.6 is 39.9 Å². The van der Waals surface area contributed by atoms with Crippen molar-refractivity contribution in [2.45, 2.75) is 45.2 Å². The SMILES string of the molecule is CCCCN1CCC(NC(=NC)NCc2cc(Br)ccc2OC)CC1.I. The quantitative estimate of drug-likeness (QED) is 0.313. The fourth-order valence-electron chi connectivity index (χ4n) is 3.13. The van der Waals surface area contributed by atoms with Crippen molar-refractivity contribution in [3.05, 3.63) is 28.2 Å². The molecule has 2 rings (SSSR count). The van der Waals surface area contributed by atoms with Crippen LogP contribution in [0.1, 0.15) is 38.2 Å². The highest BCUT2D eigenvalue weighted by atomic mass is 127. The molecule has 0 saturated carbocycles. The van der Waals surface area contributed by atoms with Crippen molar-refractivity contribution < 1.29 is 4.74 Å². The highest BCUT2D eigenvalue weighted by molar-refractivity contribution is 14.0. The smallest absolute Gasteiger partial charge is 0.191 e. The van der Waals surface area contributed by atoms with Crippen LogP contribution in [0.2, 0.25) is 0 Å². The van der Waals surface area contributed by atoms with Gasteiger partial charge in [0.05, 0.1) is 7.11 Å². The summed E-state index contributed by atoms with van der Waals surface area (Å²) >= 11 is 3.52. The van der Waals surface area contributed by atoms with Crippen LogP contribution < -0.4 is 15.4 Å². The van der Waals surface area contributed by atoms with Crippen LogP contribution in [0.25, 0.3) is 0 Å². The second-order valence-electron chi connectivity index (χ2n) is 6.50. The van der Waals surface area contributed by atoms with Crippen LogP contribution in [0.3, 0.4) is 0 Å². The van der Waals surface area contributed by atoms with Gasteiger partial charge in [-0.15, -0.1) is 24.0 Å². The fourth-order valence-corrected chi connectivity index (χ4v) is 3.54. The van der Waals surface area contributed by atoms with Gasteiger partial charge in [-0.2, -0.15) is 0 Å². The zero-order valence-corrected chi connectivity index (χ0v) is 20.0. The van der Waals surface area contributed by atoms with E-state index >= 15 is 0 Å². The highest BCUT2D eigenvalue weighted by Crippen LogP contribution is 2.22. The topological polar surface area (TPSA) is 48.9 Å². The summed E-state index contributed by atoms with van der Waals surface area (Å²) in [6.45, 7) is 6.52. The molecule has 148 valence electrons. The summed E-state index contributed by atoms with van der Waals surface area (Å²) in [4.78, 5) is 6.95. The molecule has 1 aliphatic heterocycles. The van der Waals surface area contributed by atoms with Gasteiger partial charge in [0.2, 0.25) is 0 Å². The van der Waals surface area contributed by atoms with Gasteiger partial charge in [-0.05, 0) is 44.0 Å². The van der Waals surface area contributed by atoms with Crippen molar-refractivity contribution in [2.24, 2.45) is 4.99 Å². The van der Waals surface area contributed by atoms with Gasteiger partial charge in [0.15, 0.2) is 5.96 Å². The summed E-state index contributed by atoms with van der Waals surface area (Å²) in [5, 5.41) is 6.97. The van der Waals surface area contributed by atoms with E-state index in [1.54, 1.807) is 7.11 Å². The molecule has 0 radical (unpaired) electrons. The molecular formula is C19H32BrIN4O. The summed E-state index contributed by atoms with van der Waals surface area (Å²) < 4.78 is 6.48. The van der Waals surface area contributed by atoms with Crippen LogP contribution in [0.15, 0.2) is 27.7 Å². The van der Waals surface area contributed by atoms with E-state index in [1.807, 2.05) is 19.2 Å². The standard InChI is InChI=1S/C19H31BrN4O.HI/c1-4-5-10-24-11-8-17(9-12-24)23-19(21-2)22-14-15-13-16(20)6-7-18(15)25-3;/h6-7,13,17H,4-5,8-12,14H2,1-3H3,(H2,21,22,23);1H. The Morgan fingerprint density at radius 3 is 2.69 bits per heavy atom. The predicted molar refractivity (Wildman–Crippen MR) is 124 cm³/mol. The first-order chi connectivity index (χ1) is 12.2. The first kappa shape index (κ1) is 23.5. The van der Waals surface area contributed by atoms with Crippen molar-refractivity contribution in [2.75, 3.05) is 33.8 Å². The van der Waals surface area contributed by atoms with E-state index in [1.165, 1.54) is 45.3 Å². The minimum absolute atomic E-state index is 0. The highest BCUT2D eigenvalue weighted by Gasteiger charge is 2.19. The molecule has 26 heavy (non-hydrogen) atoms.